The van der Waals surface area contributed by atoms with Gasteiger partial charge in [-0.3, -0.25) is 0 Å². The van der Waals surface area contributed by atoms with E-state index in [9.17, 15) is 0 Å². The molecule has 0 unspecified atom stereocenters. The first-order valence-electron chi connectivity index (χ1n) is 7.65. The summed E-state index contributed by atoms with van der Waals surface area (Å²) in [5.74, 6) is 0.862. The number of anilines is 1. The van der Waals surface area contributed by atoms with Crippen LogP contribution >= 0.6 is 11.3 Å². The zero-order chi connectivity index (χ0) is 14.2. The van der Waals surface area contributed by atoms with Gasteiger partial charge in [0.05, 0.1) is 12.3 Å². The summed E-state index contributed by atoms with van der Waals surface area (Å²) in [7, 11) is 3.90. The van der Waals surface area contributed by atoms with Gasteiger partial charge < -0.3 is 15.0 Å². The van der Waals surface area contributed by atoms with Gasteiger partial charge in [0.1, 0.15) is 0 Å². The maximum atomic E-state index is 5.02. The average Bonchev–Trinajstić information content (AvgIpc) is 2.94. The van der Waals surface area contributed by atoms with E-state index >= 15 is 0 Å². The molecule has 1 fully saturated rings. The molecule has 1 aromatic rings. The van der Waals surface area contributed by atoms with E-state index in [0.717, 1.165) is 43.0 Å². The first-order valence-corrected chi connectivity index (χ1v) is 8.52. The zero-order valence-corrected chi connectivity index (χ0v) is 13.5. The van der Waals surface area contributed by atoms with Crippen LogP contribution in [-0.4, -0.2) is 38.8 Å². The Morgan fingerprint density at radius 2 is 2.20 bits per heavy atom. The summed E-state index contributed by atoms with van der Waals surface area (Å²) >= 11 is 1.75. The molecule has 5 heteroatoms. The van der Waals surface area contributed by atoms with Crippen LogP contribution in [-0.2, 0) is 11.3 Å². The maximum Gasteiger partial charge on any atom is 0.185 e. The van der Waals surface area contributed by atoms with Crippen LogP contribution in [0.3, 0.4) is 0 Å². The highest BCUT2D eigenvalue weighted by Gasteiger charge is 2.17. The first-order chi connectivity index (χ1) is 9.79. The fourth-order valence-electron chi connectivity index (χ4n) is 2.78. The molecule has 1 N–H and O–H groups in total. The molecule has 0 amide bonds. The predicted octanol–water partition coefficient (Wildman–Crippen LogP) is 2.90. The highest BCUT2D eigenvalue weighted by Crippen LogP contribution is 2.27. The molecule has 0 saturated heterocycles. The number of aromatic nitrogens is 1. The summed E-state index contributed by atoms with van der Waals surface area (Å²) in [6, 6.07) is 0. The van der Waals surface area contributed by atoms with E-state index in [-0.39, 0.29) is 0 Å². The van der Waals surface area contributed by atoms with E-state index in [4.69, 9.17) is 9.72 Å². The van der Waals surface area contributed by atoms with Crippen molar-refractivity contribution in [1.29, 1.82) is 0 Å². The molecule has 0 aliphatic heterocycles. The second kappa shape index (κ2) is 8.60. The molecule has 1 aliphatic rings. The first kappa shape index (κ1) is 15.7. The lowest BCUT2D eigenvalue weighted by molar-refractivity contribution is 0.199. The Bertz CT molecular complexity index is 377. The minimum Gasteiger partial charge on any atom is -0.383 e. The summed E-state index contributed by atoms with van der Waals surface area (Å²) in [6.45, 7) is 3.61. The maximum absolute atomic E-state index is 5.02. The Morgan fingerprint density at radius 3 is 2.95 bits per heavy atom. The van der Waals surface area contributed by atoms with E-state index in [2.05, 4.69) is 22.6 Å². The van der Waals surface area contributed by atoms with Crippen molar-refractivity contribution in [3.63, 3.8) is 0 Å². The van der Waals surface area contributed by atoms with Crippen LogP contribution in [0.4, 0.5) is 5.13 Å². The molecule has 1 aromatic heterocycles. The second-order valence-electron chi connectivity index (χ2n) is 5.68. The largest absolute Gasteiger partial charge is 0.383 e. The third-order valence-corrected chi connectivity index (χ3v) is 4.92. The number of nitrogens with one attached hydrogen (secondary N) is 1. The Balaban J connectivity index is 1.75. The van der Waals surface area contributed by atoms with Crippen LogP contribution in [0.2, 0.25) is 0 Å². The molecule has 20 heavy (non-hydrogen) atoms. The predicted molar refractivity (Wildman–Crippen MR) is 85.5 cm³/mol. The van der Waals surface area contributed by atoms with Gasteiger partial charge in [0, 0.05) is 39.2 Å². The van der Waals surface area contributed by atoms with Gasteiger partial charge in [-0.2, -0.15) is 0 Å². The molecule has 0 aromatic carbocycles. The fraction of sp³-hybridized carbons (Fsp3) is 0.800. The Kier molecular flexibility index (Phi) is 6.76. The van der Waals surface area contributed by atoms with Crippen molar-refractivity contribution in [2.45, 2.75) is 38.6 Å². The topological polar surface area (TPSA) is 37.4 Å². The van der Waals surface area contributed by atoms with E-state index in [1.54, 1.807) is 18.4 Å². The third kappa shape index (κ3) is 5.04. The van der Waals surface area contributed by atoms with Gasteiger partial charge in [0.2, 0.25) is 0 Å². The van der Waals surface area contributed by atoms with Gasteiger partial charge in [-0.25, -0.2) is 4.98 Å². The molecule has 1 saturated carbocycles. The molecule has 1 heterocycles. The third-order valence-electron chi connectivity index (χ3n) is 3.91. The number of methoxy groups -OCH3 is 1. The molecule has 114 valence electrons. The van der Waals surface area contributed by atoms with Crippen LogP contribution in [0, 0.1) is 5.92 Å². The van der Waals surface area contributed by atoms with Crippen molar-refractivity contribution in [3.05, 3.63) is 11.1 Å². The van der Waals surface area contributed by atoms with Gasteiger partial charge in [0.25, 0.3) is 0 Å². The molecule has 0 atom stereocenters. The number of nitrogens with zero attached hydrogens (tertiary/aromatic N) is 2. The zero-order valence-electron chi connectivity index (χ0n) is 12.7. The minimum atomic E-state index is 0.749. The highest BCUT2D eigenvalue weighted by atomic mass is 32.1. The normalized spacial score (nSPS) is 16.5. The van der Waals surface area contributed by atoms with E-state index in [1.165, 1.54) is 32.1 Å². The van der Waals surface area contributed by atoms with Crippen LogP contribution in [0.5, 0.6) is 0 Å². The van der Waals surface area contributed by atoms with Crippen molar-refractivity contribution < 1.29 is 4.74 Å². The molecule has 0 radical (unpaired) electrons. The smallest absolute Gasteiger partial charge is 0.185 e. The Labute approximate surface area is 126 Å². The molecule has 4 nitrogen and oxygen atoms in total. The monoisotopic (exact) mass is 297 g/mol. The average molecular weight is 297 g/mol. The SMILES string of the molecule is COCCNCc1csc(N(C)CC2CCCCC2)n1. The van der Waals surface area contributed by atoms with E-state index in [1.807, 2.05) is 0 Å². The van der Waals surface area contributed by atoms with Crippen LogP contribution in [0.25, 0.3) is 0 Å². The molecular formula is C15H27N3OS. The van der Waals surface area contributed by atoms with Gasteiger partial charge in [0.15, 0.2) is 5.13 Å². The lowest BCUT2D eigenvalue weighted by Crippen LogP contribution is -2.26. The molecular weight excluding hydrogens is 270 g/mol. The van der Waals surface area contributed by atoms with E-state index < -0.39 is 0 Å². The van der Waals surface area contributed by atoms with Crippen LogP contribution in [0.1, 0.15) is 37.8 Å². The van der Waals surface area contributed by atoms with Gasteiger partial charge in [-0.15, -0.1) is 11.3 Å². The van der Waals surface area contributed by atoms with Crippen LogP contribution in [0.15, 0.2) is 5.38 Å². The molecule has 1 aliphatic carbocycles. The van der Waals surface area contributed by atoms with Crippen molar-refractivity contribution in [2.24, 2.45) is 5.92 Å². The summed E-state index contributed by atoms with van der Waals surface area (Å²) in [5, 5.41) is 6.65. The van der Waals surface area contributed by atoms with Gasteiger partial charge in [-0.1, -0.05) is 19.3 Å². The highest BCUT2D eigenvalue weighted by molar-refractivity contribution is 7.13. The molecule has 0 bridgehead atoms. The number of thiazole rings is 1. The lowest BCUT2D eigenvalue weighted by atomic mass is 9.89. The van der Waals surface area contributed by atoms with Crippen molar-refractivity contribution in [1.82, 2.24) is 10.3 Å². The molecule has 2 rings (SSSR count). The summed E-state index contributed by atoms with van der Waals surface area (Å²) < 4.78 is 5.02. The van der Waals surface area contributed by atoms with Crippen LogP contribution < -0.4 is 10.2 Å². The summed E-state index contributed by atoms with van der Waals surface area (Å²) in [6.07, 6.45) is 7.02. The van der Waals surface area contributed by atoms with Crippen molar-refractivity contribution >= 4 is 16.5 Å². The standard InChI is InChI=1S/C15H27N3OS/c1-18(11-13-6-4-3-5-7-13)15-17-14(12-20-15)10-16-8-9-19-2/h12-13,16H,3-11H2,1-2H3. The number of hydrogen-bond donors (Lipinski definition) is 1. The number of ether oxygens (including phenoxy) is 1. The van der Waals surface area contributed by atoms with Crippen molar-refractivity contribution in [3.8, 4) is 0 Å². The summed E-state index contributed by atoms with van der Waals surface area (Å²) in [4.78, 5) is 7.05. The second-order valence-corrected chi connectivity index (χ2v) is 6.51. The Hall–Kier alpha value is -0.650. The molecule has 0 spiro atoms. The summed E-state index contributed by atoms with van der Waals surface area (Å²) in [5.41, 5.74) is 1.14. The van der Waals surface area contributed by atoms with E-state index in [0.29, 0.717) is 0 Å². The van der Waals surface area contributed by atoms with Gasteiger partial charge in [-0.05, 0) is 18.8 Å². The van der Waals surface area contributed by atoms with Gasteiger partial charge >= 0.3 is 0 Å². The minimum absolute atomic E-state index is 0.749. The number of rotatable bonds is 8. The fourth-order valence-corrected chi connectivity index (χ4v) is 3.58. The number of hydrogen-bond acceptors (Lipinski definition) is 5. The lowest BCUT2D eigenvalue weighted by Gasteiger charge is -2.26. The quantitative estimate of drug-likeness (QED) is 0.749. The van der Waals surface area contributed by atoms with Crippen molar-refractivity contribution in [2.75, 3.05) is 38.8 Å². The Morgan fingerprint density at radius 1 is 1.40 bits per heavy atom.